The summed E-state index contributed by atoms with van der Waals surface area (Å²) in [6.07, 6.45) is 0. The number of allylic oxidation sites excluding steroid dienone is 2. The Morgan fingerprint density at radius 1 is 0.750 bits per heavy atom. The molecule has 7 heteroatoms. The molecule has 1 heterocycles. The SMILES string of the molecule is FC1(F)C2=C(O2)C(F)(F)C1(F)F. The zero-order valence-electron chi connectivity index (χ0n) is 5.18. The van der Waals surface area contributed by atoms with E-state index in [1.165, 1.54) is 0 Å². The zero-order chi connectivity index (χ0) is 9.36. The van der Waals surface area contributed by atoms with Crippen LogP contribution in [0.15, 0.2) is 11.5 Å². The standard InChI is InChI=1S/C5F6O/c6-3(7)1-2(12-1)4(8,9)5(3,10)11. The average molecular weight is 190 g/mol. The van der Waals surface area contributed by atoms with E-state index in [0.717, 1.165) is 0 Å². The quantitative estimate of drug-likeness (QED) is 0.533. The summed E-state index contributed by atoms with van der Waals surface area (Å²) >= 11 is 0. The molecule has 0 saturated heterocycles. The van der Waals surface area contributed by atoms with Gasteiger partial charge in [-0.05, 0) is 0 Å². The minimum Gasteiger partial charge on any atom is -0.445 e. The molecule has 12 heavy (non-hydrogen) atoms. The molecule has 2 rings (SSSR count). The van der Waals surface area contributed by atoms with E-state index < -0.39 is 29.3 Å². The normalized spacial score (nSPS) is 32.8. The minimum atomic E-state index is -5.36. The Hall–Kier alpha value is -0.880. The molecule has 0 saturated carbocycles. The molecule has 0 spiro atoms. The lowest BCUT2D eigenvalue weighted by atomic mass is 10.1. The van der Waals surface area contributed by atoms with Crippen LogP contribution in [-0.2, 0) is 4.74 Å². The second-order valence-electron chi connectivity index (χ2n) is 2.48. The third kappa shape index (κ3) is 0.488. The summed E-state index contributed by atoms with van der Waals surface area (Å²) in [5, 5.41) is 0. The number of hydrogen-bond donors (Lipinski definition) is 0. The van der Waals surface area contributed by atoms with Crippen LogP contribution in [0.5, 0.6) is 0 Å². The first-order chi connectivity index (χ1) is 5.23. The van der Waals surface area contributed by atoms with Gasteiger partial charge in [0.05, 0.1) is 0 Å². The predicted octanol–water partition coefficient (Wildman–Crippen LogP) is 2.15. The maximum Gasteiger partial charge on any atom is 0.387 e. The van der Waals surface area contributed by atoms with Gasteiger partial charge in [-0.25, -0.2) is 0 Å². The molecule has 0 amide bonds. The van der Waals surface area contributed by atoms with Crippen molar-refractivity contribution in [3.8, 4) is 0 Å². The van der Waals surface area contributed by atoms with Gasteiger partial charge < -0.3 is 4.74 Å². The average Bonchev–Trinajstić information content (AvgIpc) is 2.60. The smallest absolute Gasteiger partial charge is 0.387 e. The van der Waals surface area contributed by atoms with Crippen molar-refractivity contribution in [2.24, 2.45) is 0 Å². The van der Waals surface area contributed by atoms with E-state index in [1.54, 1.807) is 0 Å². The highest BCUT2D eigenvalue weighted by molar-refractivity contribution is 5.43. The van der Waals surface area contributed by atoms with Crippen molar-refractivity contribution in [2.45, 2.75) is 17.8 Å². The van der Waals surface area contributed by atoms with E-state index in [0.29, 0.717) is 0 Å². The fraction of sp³-hybridized carbons (Fsp3) is 0.600. The molecule has 0 aromatic rings. The first kappa shape index (κ1) is 7.75. The topological polar surface area (TPSA) is 12.5 Å². The molecule has 0 atom stereocenters. The Bertz CT molecular complexity index is 264. The lowest BCUT2D eigenvalue weighted by molar-refractivity contribution is -0.287. The molecular weight excluding hydrogens is 190 g/mol. The summed E-state index contributed by atoms with van der Waals surface area (Å²) in [5.74, 6) is -18.3. The fourth-order valence-corrected chi connectivity index (χ4v) is 0.972. The molecule has 0 bridgehead atoms. The van der Waals surface area contributed by atoms with E-state index in [-0.39, 0.29) is 0 Å². The molecule has 1 aliphatic heterocycles. The van der Waals surface area contributed by atoms with Crippen LogP contribution in [0.25, 0.3) is 0 Å². The van der Waals surface area contributed by atoms with Crippen LogP contribution in [-0.4, -0.2) is 17.8 Å². The lowest BCUT2D eigenvalue weighted by Gasteiger charge is -2.26. The molecular formula is C5F6O. The monoisotopic (exact) mass is 190 g/mol. The Balaban J connectivity index is 2.53. The van der Waals surface area contributed by atoms with E-state index >= 15 is 0 Å². The number of alkyl halides is 6. The Morgan fingerprint density at radius 2 is 1.08 bits per heavy atom. The molecule has 1 nitrogen and oxygen atoms in total. The number of ether oxygens (including phenoxy) is 1. The highest BCUT2D eigenvalue weighted by Crippen LogP contribution is 2.66. The van der Waals surface area contributed by atoms with Gasteiger partial charge in [-0.3, -0.25) is 0 Å². The second-order valence-corrected chi connectivity index (χ2v) is 2.48. The maximum absolute atomic E-state index is 12.2. The second kappa shape index (κ2) is 1.45. The highest BCUT2D eigenvalue weighted by atomic mass is 19.3. The van der Waals surface area contributed by atoms with Gasteiger partial charge in [0.25, 0.3) is 0 Å². The lowest BCUT2D eigenvalue weighted by Crippen LogP contribution is -2.51. The van der Waals surface area contributed by atoms with Crippen LogP contribution in [0.3, 0.4) is 0 Å². The minimum absolute atomic E-state index is 1.59. The Labute approximate surface area is 61.6 Å². The van der Waals surface area contributed by atoms with Crippen LogP contribution in [0.1, 0.15) is 0 Å². The predicted molar refractivity (Wildman–Crippen MR) is 23.0 cm³/mol. The van der Waals surface area contributed by atoms with E-state index in [9.17, 15) is 26.3 Å². The van der Waals surface area contributed by atoms with Gasteiger partial charge in [0.15, 0.2) is 0 Å². The van der Waals surface area contributed by atoms with Crippen LogP contribution >= 0.6 is 0 Å². The van der Waals surface area contributed by atoms with Crippen molar-refractivity contribution in [1.29, 1.82) is 0 Å². The van der Waals surface area contributed by atoms with Gasteiger partial charge in [-0.15, -0.1) is 0 Å². The summed E-state index contributed by atoms with van der Waals surface area (Å²) in [4.78, 5) is 0. The zero-order valence-corrected chi connectivity index (χ0v) is 5.18. The first-order valence-corrected chi connectivity index (χ1v) is 2.79. The van der Waals surface area contributed by atoms with Crippen molar-refractivity contribution >= 4 is 0 Å². The van der Waals surface area contributed by atoms with Gasteiger partial charge in [-0.1, -0.05) is 0 Å². The maximum atomic E-state index is 12.2. The summed E-state index contributed by atoms with van der Waals surface area (Å²) in [5.41, 5.74) is 0. The van der Waals surface area contributed by atoms with Gasteiger partial charge in [0.2, 0.25) is 11.5 Å². The van der Waals surface area contributed by atoms with E-state index in [1.807, 2.05) is 0 Å². The van der Waals surface area contributed by atoms with Gasteiger partial charge in [0, 0.05) is 0 Å². The van der Waals surface area contributed by atoms with Crippen molar-refractivity contribution in [2.75, 3.05) is 0 Å². The van der Waals surface area contributed by atoms with Gasteiger partial charge in [0.1, 0.15) is 0 Å². The summed E-state index contributed by atoms with van der Waals surface area (Å²) in [7, 11) is 0. The van der Waals surface area contributed by atoms with Crippen molar-refractivity contribution < 1.29 is 31.1 Å². The highest BCUT2D eigenvalue weighted by Gasteiger charge is 2.88. The molecule has 0 N–H and O–H groups in total. The molecule has 1 aliphatic carbocycles. The van der Waals surface area contributed by atoms with Gasteiger partial charge >= 0.3 is 17.8 Å². The molecule has 0 unspecified atom stereocenters. The summed E-state index contributed by atoms with van der Waals surface area (Å²) in [6.45, 7) is 0. The fourth-order valence-electron chi connectivity index (χ4n) is 0.972. The number of hydrogen-bond acceptors (Lipinski definition) is 1. The van der Waals surface area contributed by atoms with Crippen LogP contribution in [0, 0.1) is 0 Å². The van der Waals surface area contributed by atoms with Crippen LogP contribution in [0.4, 0.5) is 26.3 Å². The van der Waals surface area contributed by atoms with Crippen molar-refractivity contribution in [3.05, 3.63) is 11.5 Å². The van der Waals surface area contributed by atoms with Crippen molar-refractivity contribution in [3.63, 3.8) is 0 Å². The Morgan fingerprint density at radius 3 is 1.25 bits per heavy atom. The molecule has 2 aliphatic rings. The summed E-state index contributed by atoms with van der Waals surface area (Å²) in [6, 6.07) is 0. The summed E-state index contributed by atoms with van der Waals surface area (Å²) < 4.78 is 76.9. The Kier molecular flexibility index (Phi) is 0.935. The first-order valence-electron chi connectivity index (χ1n) is 2.79. The molecule has 68 valence electrons. The van der Waals surface area contributed by atoms with Gasteiger partial charge in [-0.2, -0.15) is 26.3 Å². The number of rotatable bonds is 0. The van der Waals surface area contributed by atoms with Crippen molar-refractivity contribution in [1.82, 2.24) is 0 Å². The third-order valence-electron chi connectivity index (χ3n) is 1.73. The largest absolute Gasteiger partial charge is 0.445 e. The van der Waals surface area contributed by atoms with E-state index in [4.69, 9.17) is 0 Å². The molecule has 0 aromatic carbocycles. The van der Waals surface area contributed by atoms with E-state index in [2.05, 4.69) is 4.74 Å². The molecule has 0 fully saturated rings. The van der Waals surface area contributed by atoms with Crippen LogP contribution < -0.4 is 0 Å². The third-order valence-corrected chi connectivity index (χ3v) is 1.73. The number of halogens is 6. The van der Waals surface area contributed by atoms with Crippen LogP contribution in [0.2, 0.25) is 0 Å². The molecule has 0 aromatic heterocycles. The molecule has 0 radical (unpaired) electrons.